The smallest absolute Gasteiger partial charge is 0.408 e. The molecule has 1 aliphatic heterocycles. The second kappa shape index (κ2) is 8.46. The summed E-state index contributed by atoms with van der Waals surface area (Å²) < 4.78 is 50.0. The molecule has 2 N–H and O–H groups in total. The minimum Gasteiger partial charge on any atom is -0.491 e. The van der Waals surface area contributed by atoms with Gasteiger partial charge in [0, 0.05) is 36.3 Å². The number of ether oxygens (including phenoxy) is 1. The molecule has 3 aromatic heterocycles. The lowest BCUT2D eigenvalue weighted by atomic mass is 10.0. The molecule has 184 valence electrons. The largest absolute Gasteiger partial charge is 0.491 e. The minimum absolute atomic E-state index is 0.0174. The summed E-state index contributed by atoms with van der Waals surface area (Å²) in [6, 6.07) is 10.6. The number of benzene rings is 1. The molecule has 35 heavy (non-hydrogen) atoms. The predicted molar refractivity (Wildman–Crippen MR) is 127 cm³/mol. The third-order valence-electron chi connectivity index (χ3n) is 6.22. The standard InChI is InChI=1S/C25H27F3N6O/c1-15(2)35-18-7-4-16-5-8-19(30-20(16)12-18)23-32-31-21-9-6-17(13-34(21)23)22(25(26,27)28)33-11-10-24(3,29)14-33/h4-9,12-13,15,22H,10-11,14,29H2,1-3H3. The van der Waals surface area contributed by atoms with Crippen LogP contribution in [-0.4, -0.2) is 55.4 Å². The van der Waals surface area contributed by atoms with E-state index in [1.165, 1.54) is 17.2 Å². The van der Waals surface area contributed by atoms with Crippen LogP contribution in [0.3, 0.4) is 0 Å². The number of alkyl halides is 3. The molecule has 7 nitrogen and oxygen atoms in total. The van der Waals surface area contributed by atoms with Gasteiger partial charge in [0.1, 0.15) is 17.5 Å². The van der Waals surface area contributed by atoms with Crippen molar-refractivity contribution >= 4 is 16.6 Å². The van der Waals surface area contributed by atoms with Crippen LogP contribution in [0.25, 0.3) is 28.1 Å². The van der Waals surface area contributed by atoms with Crippen LogP contribution in [0.4, 0.5) is 13.2 Å². The molecule has 2 atom stereocenters. The van der Waals surface area contributed by atoms with E-state index in [2.05, 4.69) is 10.2 Å². The highest BCUT2D eigenvalue weighted by molar-refractivity contribution is 5.82. The first-order chi connectivity index (χ1) is 16.5. The third-order valence-corrected chi connectivity index (χ3v) is 6.22. The first kappa shape index (κ1) is 23.5. The molecule has 2 unspecified atom stereocenters. The van der Waals surface area contributed by atoms with Crippen LogP contribution >= 0.6 is 0 Å². The van der Waals surface area contributed by atoms with E-state index >= 15 is 0 Å². The van der Waals surface area contributed by atoms with Gasteiger partial charge in [-0.05, 0) is 57.0 Å². The maximum atomic E-state index is 14.2. The van der Waals surface area contributed by atoms with Crippen molar-refractivity contribution < 1.29 is 17.9 Å². The Morgan fingerprint density at radius 1 is 1.09 bits per heavy atom. The molecule has 0 spiro atoms. The van der Waals surface area contributed by atoms with Crippen LogP contribution in [0, 0.1) is 0 Å². The number of rotatable bonds is 5. The van der Waals surface area contributed by atoms with Gasteiger partial charge in [0.2, 0.25) is 0 Å². The molecule has 1 aromatic carbocycles. The molecule has 0 saturated carbocycles. The second-order valence-corrected chi connectivity index (χ2v) is 9.75. The van der Waals surface area contributed by atoms with Crippen molar-refractivity contribution in [1.29, 1.82) is 0 Å². The van der Waals surface area contributed by atoms with Crippen molar-refractivity contribution in [2.75, 3.05) is 13.1 Å². The van der Waals surface area contributed by atoms with Crippen molar-refractivity contribution in [1.82, 2.24) is 24.5 Å². The van der Waals surface area contributed by atoms with Gasteiger partial charge in [0.25, 0.3) is 0 Å². The Hall–Kier alpha value is -3.24. The minimum atomic E-state index is -4.46. The summed E-state index contributed by atoms with van der Waals surface area (Å²) in [5.74, 6) is 1.06. The average molecular weight is 485 g/mol. The van der Waals surface area contributed by atoms with E-state index in [-0.39, 0.29) is 24.8 Å². The van der Waals surface area contributed by atoms with Crippen LogP contribution in [-0.2, 0) is 0 Å². The van der Waals surface area contributed by atoms with Gasteiger partial charge in [0.15, 0.2) is 11.5 Å². The fourth-order valence-electron chi connectivity index (χ4n) is 4.66. The molecule has 0 radical (unpaired) electrons. The fourth-order valence-corrected chi connectivity index (χ4v) is 4.66. The molecule has 5 rings (SSSR count). The van der Waals surface area contributed by atoms with Crippen molar-refractivity contribution in [3.8, 4) is 17.3 Å². The molecule has 10 heteroatoms. The van der Waals surface area contributed by atoms with Gasteiger partial charge in [-0.2, -0.15) is 13.2 Å². The van der Waals surface area contributed by atoms with E-state index in [1.807, 2.05) is 38.1 Å². The predicted octanol–water partition coefficient (Wildman–Crippen LogP) is 4.76. The van der Waals surface area contributed by atoms with Crippen LogP contribution in [0.5, 0.6) is 5.75 Å². The highest BCUT2D eigenvalue weighted by atomic mass is 19.4. The van der Waals surface area contributed by atoms with Crippen LogP contribution in [0.15, 0.2) is 48.7 Å². The van der Waals surface area contributed by atoms with Gasteiger partial charge in [-0.1, -0.05) is 12.1 Å². The lowest BCUT2D eigenvalue weighted by molar-refractivity contribution is -0.184. The van der Waals surface area contributed by atoms with Crippen LogP contribution < -0.4 is 10.5 Å². The maximum Gasteiger partial charge on any atom is 0.408 e. The Morgan fingerprint density at radius 3 is 2.54 bits per heavy atom. The Kier molecular flexibility index (Phi) is 5.68. The zero-order valence-corrected chi connectivity index (χ0v) is 19.8. The Morgan fingerprint density at radius 2 is 1.86 bits per heavy atom. The van der Waals surface area contributed by atoms with Crippen LogP contribution in [0.1, 0.15) is 38.8 Å². The van der Waals surface area contributed by atoms with E-state index in [0.29, 0.717) is 34.9 Å². The second-order valence-electron chi connectivity index (χ2n) is 9.75. The number of nitrogens with zero attached hydrogens (tertiary/aromatic N) is 5. The number of hydrogen-bond donors (Lipinski definition) is 1. The van der Waals surface area contributed by atoms with E-state index in [9.17, 15) is 13.2 Å². The van der Waals surface area contributed by atoms with Crippen LogP contribution in [0.2, 0.25) is 0 Å². The fraction of sp³-hybridized carbons (Fsp3) is 0.400. The molecule has 0 bridgehead atoms. The summed E-state index contributed by atoms with van der Waals surface area (Å²) in [6.07, 6.45) is -2.48. The summed E-state index contributed by atoms with van der Waals surface area (Å²) in [5.41, 5.74) is 7.23. The molecule has 0 aliphatic carbocycles. The summed E-state index contributed by atoms with van der Waals surface area (Å²) in [5, 5.41) is 9.29. The normalized spacial score (nSPS) is 20.2. The van der Waals surface area contributed by atoms with Gasteiger partial charge >= 0.3 is 6.18 Å². The third kappa shape index (κ3) is 4.68. The van der Waals surface area contributed by atoms with Crippen molar-refractivity contribution in [3.05, 3.63) is 54.2 Å². The highest BCUT2D eigenvalue weighted by Crippen LogP contribution is 2.41. The van der Waals surface area contributed by atoms with E-state index in [0.717, 1.165) is 5.39 Å². The van der Waals surface area contributed by atoms with E-state index < -0.39 is 17.8 Å². The number of aromatic nitrogens is 4. The van der Waals surface area contributed by atoms with Gasteiger partial charge in [0.05, 0.1) is 11.6 Å². The van der Waals surface area contributed by atoms with Gasteiger partial charge in [-0.25, -0.2) is 4.98 Å². The van der Waals surface area contributed by atoms with Gasteiger partial charge < -0.3 is 10.5 Å². The van der Waals surface area contributed by atoms with E-state index in [4.69, 9.17) is 15.5 Å². The monoisotopic (exact) mass is 484 g/mol. The quantitative estimate of drug-likeness (QED) is 0.440. The molecule has 0 amide bonds. The molecular weight excluding hydrogens is 457 g/mol. The number of nitrogens with two attached hydrogens (primary N) is 1. The lowest BCUT2D eigenvalue weighted by Crippen LogP contribution is -2.43. The zero-order chi connectivity index (χ0) is 25.0. The number of halogens is 3. The summed E-state index contributed by atoms with van der Waals surface area (Å²) in [6.45, 7) is 6.11. The average Bonchev–Trinajstić information content (AvgIpc) is 3.34. The topological polar surface area (TPSA) is 81.6 Å². The molecular formula is C25H27F3N6O. The van der Waals surface area contributed by atoms with E-state index in [1.54, 1.807) is 23.5 Å². The first-order valence-corrected chi connectivity index (χ1v) is 11.5. The molecule has 4 aromatic rings. The summed E-state index contributed by atoms with van der Waals surface area (Å²) in [4.78, 5) is 6.10. The van der Waals surface area contributed by atoms with Gasteiger partial charge in [-0.3, -0.25) is 9.30 Å². The summed E-state index contributed by atoms with van der Waals surface area (Å²) >= 11 is 0. The highest BCUT2D eigenvalue weighted by Gasteiger charge is 2.48. The molecule has 1 fully saturated rings. The first-order valence-electron chi connectivity index (χ1n) is 11.5. The Bertz CT molecular complexity index is 1380. The molecule has 4 heterocycles. The lowest BCUT2D eigenvalue weighted by Gasteiger charge is -2.31. The maximum absolute atomic E-state index is 14.2. The number of hydrogen-bond acceptors (Lipinski definition) is 6. The molecule has 1 aliphatic rings. The van der Waals surface area contributed by atoms with Crippen molar-refractivity contribution in [2.24, 2.45) is 5.73 Å². The molecule has 1 saturated heterocycles. The number of fused-ring (bicyclic) bond motifs is 2. The Balaban J connectivity index is 1.57. The number of pyridine rings is 2. The number of likely N-dealkylation sites (tertiary alicyclic amines) is 1. The Labute approximate surface area is 200 Å². The van der Waals surface area contributed by atoms with Crippen molar-refractivity contribution in [2.45, 2.75) is 51.1 Å². The van der Waals surface area contributed by atoms with Crippen molar-refractivity contribution in [3.63, 3.8) is 0 Å². The zero-order valence-electron chi connectivity index (χ0n) is 19.8. The summed E-state index contributed by atoms with van der Waals surface area (Å²) in [7, 11) is 0. The SMILES string of the molecule is CC(C)Oc1ccc2ccc(-c3nnc4ccc(C(N5CCC(C)(N)C5)C(F)(F)F)cn34)nc2c1. The van der Waals surface area contributed by atoms with Gasteiger partial charge in [-0.15, -0.1) is 10.2 Å².